The van der Waals surface area contributed by atoms with Crippen molar-refractivity contribution in [1.82, 2.24) is 10.3 Å². The molecule has 0 radical (unpaired) electrons. The van der Waals surface area contributed by atoms with E-state index < -0.39 is 17.3 Å². The molecular formula is C14H13FIN3O3. The van der Waals surface area contributed by atoms with Crippen molar-refractivity contribution in [2.24, 2.45) is 0 Å². The molecule has 0 unspecified atom stereocenters. The highest BCUT2D eigenvalue weighted by Gasteiger charge is 2.13. The zero-order valence-electron chi connectivity index (χ0n) is 11.3. The molecule has 0 aliphatic heterocycles. The van der Waals surface area contributed by atoms with Gasteiger partial charge in [0.1, 0.15) is 5.82 Å². The second-order valence-corrected chi connectivity index (χ2v) is 5.60. The minimum atomic E-state index is -0.492. The number of aliphatic hydroxyl groups excluding tert-OH is 1. The van der Waals surface area contributed by atoms with Gasteiger partial charge in [0.05, 0.1) is 23.5 Å². The molecular weight excluding hydrogens is 404 g/mol. The molecule has 6 nitrogen and oxygen atoms in total. The van der Waals surface area contributed by atoms with Gasteiger partial charge in [0.2, 0.25) is 5.56 Å². The molecule has 22 heavy (non-hydrogen) atoms. The maximum atomic E-state index is 13.9. The normalized spacial score (nSPS) is 10.3. The summed E-state index contributed by atoms with van der Waals surface area (Å²) < 4.78 is 14.6. The monoisotopic (exact) mass is 417 g/mol. The SMILES string of the molecule is O=C(NCCO)c1c[nH]c(=O)cc1Nc1ccc(I)cc1F. The molecule has 1 amide bonds. The zero-order chi connectivity index (χ0) is 16.1. The Morgan fingerprint density at radius 1 is 1.32 bits per heavy atom. The van der Waals surface area contributed by atoms with Crippen molar-refractivity contribution in [2.75, 3.05) is 18.5 Å². The van der Waals surface area contributed by atoms with Crippen LogP contribution in [-0.2, 0) is 0 Å². The molecule has 0 atom stereocenters. The van der Waals surface area contributed by atoms with Gasteiger partial charge in [-0.05, 0) is 40.8 Å². The predicted molar refractivity (Wildman–Crippen MR) is 88.9 cm³/mol. The lowest BCUT2D eigenvalue weighted by atomic mass is 10.2. The van der Waals surface area contributed by atoms with E-state index in [1.807, 2.05) is 22.6 Å². The minimum Gasteiger partial charge on any atom is -0.395 e. The van der Waals surface area contributed by atoms with Crippen LogP contribution >= 0.6 is 22.6 Å². The number of aromatic nitrogens is 1. The van der Waals surface area contributed by atoms with Crippen molar-refractivity contribution in [2.45, 2.75) is 0 Å². The second kappa shape index (κ2) is 7.36. The number of benzene rings is 1. The summed E-state index contributed by atoms with van der Waals surface area (Å²) in [6.07, 6.45) is 1.24. The standard InChI is InChI=1S/C14H13FIN3O3/c15-10-5-8(16)1-2-11(10)19-12-6-13(21)18-7-9(12)14(22)17-3-4-20/h1-2,5-7,20H,3-4H2,(H,17,22)(H2,18,19,21). The second-order valence-electron chi connectivity index (χ2n) is 4.35. The summed E-state index contributed by atoms with van der Waals surface area (Å²) in [5.41, 5.74) is 0.0552. The van der Waals surface area contributed by atoms with Crippen molar-refractivity contribution in [3.63, 3.8) is 0 Å². The van der Waals surface area contributed by atoms with Crippen LogP contribution in [0.2, 0.25) is 0 Å². The summed E-state index contributed by atoms with van der Waals surface area (Å²) in [7, 11) is 0. The highest BCUT2D eigenvalue weighted by molar-refractivity contribution is 14.1. The van der Waals surface area contributed by atoms with Crippen LogP contribution in [0.3, 0.4) is 0 Å². The first-order valence-corrected chi connectivity index (χ1v) is 7.43. The third kappa shape index (κ3) is 4.04. The van der Waals surface area contributed by atoms with Crippen LogP contribution in [0.4, 0.5) is 15.8 Å². The van der Waals surface area contributed by atoms with E-state index in [4.69, 9.17) is 5.11 Å². The molecule has 0 aliphatic rings. The third-order valence-corrected chi connectivity index (χ3v) is 3.44. The number of halogens is 2. The molecule has 2 rings (SSSR count). The van der Waals surface area contributed by atoms with E-state index in [9.17, 15) is 14.0 Å². The highest BCUT2D eigenvalue weighted by Crippen LogP contribution is 2.23. The van der Waals surface area contributed by atoms with Crippen LogP contribution in [0, 0.1) is 9.39 Å². The van der Waals surface area contributed by atoms with Gasteiger partial charge in [-0.15, -0.1) is 0 Å². The van der Waals surface area contributed by atoms with E-state index in [-0.39, 0.29) is 30.1 Å². The first kappa shape index (κ1) is 16.4. The number of carbonyl (C=O) groups excluding carboxylic acids is 1. The zero-order valence-corrected chi connectivity index (χ0v) is 13.5. The fourth-order valence-corrected chi connectivity index (χ4v) is 2.22. The van der Waals surface area contributed by atoms with Gasteiger partial charge in [-0.1, -0.05) is 0 Å². The number of nitrogens with one attached hydrogen (secondary N) is 3. The van der Waals surface area contributed by atoms with E-state index in [2.05, 4.69) is 15.6 Å². The van der Waals surface area contributed by atoms with Gasteiger partial charge in [0.15, 0.2) is 0 Å². The van der Waals surface area contributed by atoms with Crippen LogP contribution in [0.1, 0.15) is 10.4 Å². The van der Waals surface area contributed by atoms with Crippen molar-refractivity contribution in [3.8, 4) is 0 Å². The first-order valence-electron chi connectivity index (χ1n) is 6.35. The van der Waals surface area contributed by atoms with Gasteiger partial charge in [-0.25, -0.2) is 4.39 Å². The summed E-state index contributed by atoms with van der Waals surface area (Å²) >= 11 is 1.98. The van der Waals surface area contributed by atoms with E-state index in [1.165, 1.54) is 24.4 Å². The lowest BCUT2D eigenvalue weighted by Gasteiger charge is -2.12. The lowest BCUT2D eigenvalue weighted by molar-refractivity contribution is 0.0945. The summed E-state index contributed by atoms with van der Waals surface area (Å²) in [6.45, 7) is -0.126. The minimum absolute atomic E-state index is 0.0787. The number of anilines is 2. The van der Waals surface area contributed by atoms with E-state index in [0.29, 0.717) is 0 Å². The Balaban J connectivity index is 2.35. The molecule has 0 saturated carbocycles. The Morgan fingerprint density at radius 2 is 2.09 bits per heavy atom. The molecule has 4 N–H and O–H groups in total. The summed E-state index contributed by atoms with van der Waals surface area (Å²) in [4.78, 5) is 25.8. The molecule has 1 heterocycles. The number of aromatic amines is 1. The van der Waals surface area contributed by atoms with Crippen molar-refractivity contribution in [3.05, 3.63) is 55.8 Å². The number of hydrogen-bond acceptors (Lipinski definition) is 4. The molecule has 0 fully saturated rings. The molecule has 0 spiro atoms. The van der Waals surface area contributed by atoms with Gasteiger partial charge in [-0.3, -0.25) is 9.59 Å². The molecule has 0 saturated heterocycles. The lowest BCUT2D eigenvalue weighted by Crippen LogP contribution is -2.28. The maximum Gasteiger partial charge on any atom is 0.254 e. The Labute approximate surface area is 138 Å². The molecule has 2 aromatic rings. The number of H-pyrrole nitrogens is 1. The van der Waals surface area contributed by atoms with Crippen LogP contribution in [-0.4, -0.2) is 29.1 Å². The van der Waals surface area contributed by atoms with E-state index in [0.717, 1.165) is 3.57 Å². The van der Waals surface area contributed by atoms with Gasteiger partial charge >= 0.3 is 0 Å². The Kier molecular flexibility index (Phi) is 5.50. The van der Waals surface area contributed by atoms with Gasteiger partial charge < -0.3 is 20.7 Å². The largest absolute Gasteiger partial charge is 0.395 e. The number of amides is 1. The quantitative estimate of drug-likeness (QED) is 0.556. The molecule has 8 heteroatoms. The average Bonchev–Trinajstić information content (AvgIpc) is 2.48. The number of aliphatic hydroxyl groups is 1. The number of hydrogen-bond donors (Lipinski definition) is 4. The Hall–Kier alpha value is -1.94. The highest BCUT2D eigenvalue weighted by atomic mass is 127. The van der Waals surface area contributed by atoms with Crippen LogP contribution in [0.15, 0.2) is 35.3 Å². The molecule has 116 valence electrons. The van der Waals surface area contributed by atoms with Crippen LogP contribution in [0.25, 0.3) is 0 Å². The topological polar surface area (TPSA) is 94.2 Å². The molecule has 0 aliphatic carbocycles. The predicted octanol–water partition coefficient (Wildman–Crippen LogP) is 1.58. The number of pyridine rings is 1. The number of carbonyl (C=O) groups is 1. The summed E-state index contributed by atoms with van der Waals surface area (Å²) in [6, 6.07) is 5.73. The third-order valence-electron chi connectivity index (χ3n) is 2.77. The molecule has 1 aromatic heterocycles. The Bertz CT molecular complexity index is 748. The smallest absolute Gasteiger partial charge is 0.254 e. The Morgan fingerprint density at radius 3 is 2.77 bits per heavy atom. The van der Waals surface area contributed by atoms with Gasteiger partial charge in [-0.2, -0.15) is 0 Å². The van der Waals surface area contributed by atoms with E-state index >= 15 is 0 Å². The van der Waals surface area contributed by atoms with E-state index in [1.54, 1.807) is 6.07 Å². The molecule has 0 bridgehead atoms. The van der Waals surface area contributed by atoms with Crippen molar-refractivity contribution >= 4 is 39.9 Å². The van der Waals surface area contributed by atoms with Crippen molar-refractivity contribution in [1.29, 1.82) is 0 Å². The first-order chi connectivity index (χ1) is 10.5. The fourth-order valence-electron chi connectivity index (χ4n) is 1.76. The fraction of sp³-hybridized carbons (Fsp3) is 0.143. The van der Waals surface area contributed by atoms with Gasteiger partial charge in [0.25, 0.3) is 5.91 Å². The molecule has 1 aromatic carbocycles. The maximum absolute atomic E-state index is 13.9. The van der Waals surface area contributed by atoms with Crippen molar-refractivity contribution < 1.29 is 14.3 Å². The summed E-state index contributed by atoms with van der Waals surface area (Å²) in [5.74, 6) is -0.979. The van der Waals surface area contributed by atoms with Crippen LogP contribution in [0.5, 0.6) is 0 Å². The summed E-state index contributed by atoms with van der Waals surface area (Å²) in [5, 5.41) is 14.0. The van der Waals surface area contributed by atoms with Crippen LogP contribution < -0.4 is 16.2 Å². The van der Waals surface area contributed by atoms with Gasteiger partial charge in [0, 0.05) is 22.4 Å². The number of rotatable bonds is 5. The average molecular weight is 417 g/mol.